The maximum atomic E-state index is 12.8. The van der Waals surface area contributed by atoms with E-state index in [9.17, 15) is 13.2 Å². The van der Waals surface area contributed by atoms with Gasteiger partial charge in [-0.2, -0.15) is 8.78 Å². The van der Waals surface area contributed by atoms with Crippen LogP contribution >= 0.6 is 12.4 Å². The average molecular weight is 325 g/mol. The van der Waals surface area contributed by atoms with E-state index in [2.05, 4.69) is 15.0 Å². The Kier molecular flexibility index (Phi) is 7.85. The first-order valence-corrected chi connectivity index (χ1v) is 6.76. The zero-order chi connectivity index (χ0) is 14.4. The SMILES string of the molecule is Cl.FCC[C@@H](c1ccc(OC(F)F)cc1)N1CCNCC1. The first-order valence-electron chi connectivity index (χ1n) is 6.76. The van der Waals surface area contributed by atoms with Crippen LogP contribution in [0, 0.1) is 0 Å². The Morgan fingerprint density at radius 2 is 1.76 bits per heavy atom. The third kappa shape index (κ3) is 5.37. The number of halogens is 4. The van der Waals surface area contributed by atoms with Crippen LogP contribution in [0.4, 0.5) is 13.2 Å². The second-order valence-electron chi connectivity index (χ2n) is 4.73. The molecule has 0 aliphatic carbocycles. The van der Waals surface area contributed by atoms with Crippen molar-refractivity contribution in [1.29, 1.82) is 0 Å². The fourth-order valence-corrected chi connectivity index (χ4v) is 2.53. The minimum absolute atomic E-state index is 0. The van der Waals surface area contributed by atoms with E-state index in [0.717, 1.165) is 31.7 Å². The van der Waals surface area contributed by atoms with Gasteiger partial charge < -0.3 is 10.1 Å². The van der Waals surface area contributed by atoms with Crippen LogP contribution < -0.4 is 10.1 Å². The molecule has 1 saturated heterocycles. The largest absolute Gasteiger partial charge is 0.435 e. The number of hydrogen-bond acceptors (Lipinski definition) is 3. The van der Waals surface area contributed by atoms with Gasteiger partial charge in [0.05, 0.1) is 6.67 Å². The van der Waals surface area contributed by atoms with E-state index in [1.807, 2.05) is 0 Å². The molecule has 0 spiro atoms. The lowest BCUT2D eigenvalue weighted by Gasteiger charge is -2.35. The van der Waals surface area contributed by atoms with Gasteiger partial charge in [-0.1, -0.05) is 12.1 Å². The molecule has 1 N–H and O–H groups in total. The molecule has 1 fully saturated rings. The van der Waals surface area contributed by atoms with Crippen molar-refractivity contribution in [2.45, 2.75) is 19.1 Å². The number of rotatable bonds is 6. The lowest BCUT2D eigenvalue weighted by Crippen LogP contribution is -2.45. The maximum absolute atomic E-state index is 12.8. The predicted octanol–water partition coefficient (Wildman–Crippen LogP) is 3.02. The summed E-state index contributed by atoms with van der Waals surface area (Å²) in [6, 6.07) is 6.48. The molecule has 1 aromatic rings. The summed E-state index contributed by atoms with van der Waals surface area (Å²) in [4.78, 5) is 2.22. The summed E-state index contributed by atoms with van der Waals surface area (Å²) in [5.74, 6) is 0.128. The molecule has 21 heavy (non-hydrogen) atoms. The minimum Gasteiger partial charge on any atom is -0.435 e. The number of ether oxygens (including phenoxy) is 1. The summed E-state index contributed by atoms with van der Waals surface area (Å²) in [5, 5.41) is 3.26. The number of piperazine rings is 1. The predicted molar refractivity (Wildman–Crippen MR) is 78.1 cm³/mol. The fraction of sp³-hybridized carbons (Fsp3) is 0.571. The Bertz CT molecular complexity index is 400. The molecule has 3 nitrogen and oxygen atoms in total. The van der Waals surface area contributed by atoms with Gasteiger partial charge in [-0.15, -0.1) is 12.4 Å². The van der Waals surface area contributed by atoms with Crippen LogP contribution in [0.25, 0.3) is 0 Å². The third-order valence-corrected chi connectivity index (χ3v) is 3.46. The molecule has 0 radical (unpaired) electrons. The van der Waals surface area contributed by atoms with E-state index < -0.39 is 13.3 Å². The molecule has 7 heteroatoms. The van der Waals surface area contributed by atoms with Gasteiger partial charge >= 0.3 is 6.61 Å². The zero-order valence-electron chi connectivity index (χ0n) is 11.6. The highest BCUT2D eigenvalue weighted by Gasteiger charge is 2.22. The van der Waals surface area contributed by atoms with E-state index in [-0.39, 0.29) is 24.2 Å². The maximum Gasteiger partial charge on any atom is 0.387 e. The molecule has 0 saturated carbocycles. The summed E-state index contributed by atoms with van der Waals surface area (Å²) in [6.07, 6.45) is 0.412. The molecule has 0 bridgehead atoms. The molecular weight excluding hydrogens is 305 g/mol. The Morgan fingerprint density at radius 1 is 1.14 bits per heavy atom. The summed E-state index contributed by atoms with van der Waals surface area (Å²) in [6.45, 7) is 0.268. The molecule has 0 unspecified atom stereocenters. The van der Waals surface area contributed by atoms with Crippen molar-refractivity contribution in [1.82, 2.24) is 10.2 Å². The van der Waals surface area contributed by atoms with Gasteiger partial charge in [0.2, 0.25) is 0 Å². The molecular formula is C14H20ClF3N2O. The molecule has 1 aliphatic heterocycles. The molecule has 0 amide bonds. The van der Waals surface area contributed by atoms with Gasteiger partial charge in [0.15, 0.2) is 0 Å². The average Bonchev–Trinajstić information content (AvgIpc) is 2.46. The lowest BCUT2D eigenvalue weighted by molar-refractivity contribution is -0.0498. The third-order valence-electron chi connectivity index (χ3n) is 3.46. The summed E-state index contributed by atoms with van der Waals surface area (Å²) < 4.78 is 41.3. The number of alkyl halides is 3. The summed E-state index contributed by atoms with van der Waals surface area (Å²) >= 11 is 0. The normalized spacial score (nSPS) is 17.3. The van der Waals surface area contributed by atoms with Crippen LogP contribution in [-0.2, 0) is 0 Å². The molecule has 1 aromatic carbocycles. The molecule has 2 rings (SSSR count). The highest BCUT2D eigenvalue weighted by molar-refractivity contribution is 5.85. The van der Waals surface area contributed by atoms with Crippen molar-refractivity contribution in [2.24, 2.45) is 0 Å². The van der Waals surface area contributed by atoms with Gasteiger partial charge in [0.25, 0.3) is 0 Å². The summed E-state index contributed by atoms with van der Waals surface area (Å²) in [7, 11) is 0. The van der Waals surface area contributed by atoms with Gasteiger partial charge in [0.1, 0.15) is 5.75 Å². The van der Waals surface area contributed by atoms with E-state index in [1.165, 1.54) is 12.1 Å². The lowest BCUT2D eigenvalue weighted by atomic mass is 10.0. The van der Waals surface area contributed by atoms with Crippen molar-refractivity contribution < 1.29 is 17.9 Å². The van der Waals surface area contributed by atoms with Gasteiger partial charge in [-0.3, -0.25) is 9.29 Å². The Morgan fingerprint density at radius 3 is 2.29 bits per heavy atom. The Balaban J connectivity index is 0.00000220. The quantitative estimate of drug-likeness (QED) is 0.870. The van der Waals surface area contributed by atoms with Crippen LogP contribution in [-0.4, -0.2) is 44.4 Å². The van der Waals surface area contributed by atoms with Gasteiger partial charge in [0, 0.05) is 32.2 Å². The standard InChI is InChI=1S/C14H19F3N2O.ClH/c15-6-5-13(19-9-7-18-8-10-19)11-1-3-12(4-2-11)20-14(16)17;/h1-4,13-14,18H,5-10H2;1H/t13-;/m0./s1. The van der Waals surface area contributed by atoms with Crippen LogP contribution in [0.5, 0.6) is 5.75 Å². The van der Waals surface area contributed by atoms with Crippen molar-refractivity contribution in [3.05, 3.63) is 29.8 Å². The number of benzene rings is 1. The van der Waals surface area contributed by atoms with E-state index >= 15 is 0 Å². The van der Waals surface area contributed by atoms with Crippen molar-refractivity contribution in [2.75, 3.05) is 32.9 Å². The molecule has 1 atom stereocenters. The molecule has 1 aliphatic rings. The zero-order valence-corrected chi connectivity index (χ0v) is 12.4. The van der Waals surface area contributed by atoms with Crippen molar-refractivity contribution in [3.8, 4) is 5.75 Å². The second kappa shape index (κ2) is 9.12. The molecule has 120 valence electrons. The second-order valence-corrected chi connectivity index (χ2v) is 4.73. The first kappa shape index (κ1) is 18.1. The fourth-order valence-electron chi connectivity index (χ4n) is 2.53. The number of nitrogens with zero attached hydrogens (tertiary/aromatic N) is 1. The van der Waals surface area contributed by atoms with Crippen LogP contribution in [0.1, 0.15) is 18.0 Å². The topological polar surface area (TPSA) is 24.5 Å². The monoisotopic (exact) mass is 324 g/mol. The summed E-state index contributed by atoms with van der Waals surface area (Å²) in [5.41, 5.74) is 0.936. The highest BCUT2D eigenvalue weighted by Crippen LogP contribution is 2.27. The highest BCUT2D eigenvalue weighted by atomic mass is 35.5. The smallest absolute Gasteiger partial charge is 0.387 e. The van der Waals surface area contributed by atoms with Gasteiger partial charge in [-0.05, 0) is 24.1 Å². The van der Waals surface area contributed by atoms with E-state index in [0.29, 0.717) is 6.42 Å². The van der Waals surface area contributed by atoms with Crippen LogP contribution in [0.2, 0.25) is 0 Å². The first-order chi connectivity index (χ1) is 9.70. The van der Waals surface area contributed by atoms with Crippen molar-refractivity contribution >= 4 is 12.4 Å². The van der Waals surface area contributed by atoms with Crippen LogP contribution in [0.3, 0.4) is 0 Å². The van der Waals surface area contributed by atoms with Crippen molar-refractivity contribution in [3.63, 3.8) is 0 Å². The van der Waals surface area contributed by atoms with E-state index in [1.54, 1.807) is 12.1 Å². The number of hydrogen-bond donors (Lipinski definition) is 1. The van der Waals surface area contributed by atoms with E-state index in [4.69, 9.17) is 0 Å². The van der Waals surface area contributed by atoms with Crippen LogP contribution in [0.15, 0.2) is 24.3 Å². The minimum atomic E-state index is -2.82. The Labute approximate surface area is 128 Å². The Hall–Kier alpha value is -0.980. The molecule has 1 heterocycles. The van der Waals surface area contributed by atoms with Gasteiger partial charge in [-0.25, -0.2) is 0 Å². The number of nitrogens with one attached hydrogen (secondary N) is 1. The molecule has 0 aromatic heterocycles.